The van der Waals surface area contributed by atoms with Gasteiger partial charge in [-0.25, -0.2) is 0 Å². The minimum Gasteiger partial charge on any atom is -0.379 e. The zero-order chi connectivity index (χ0) is 22.7. The molecule has 8 nitrogen and oxygen atoms in total. The lowest BCUT2D eigenvalue weighted by Crippen LogP contribution is -2.35. The first-order valence-corrected chi connectivity index (χ1v) is 11.8. The minimum atomic E-state index is 0.125. The Morgan fingerprint density at radius 1 is 1.24 bits per heavy atom. The second-order valence-corrected chi connectivity index (χ2v) is 9.59. The number of amides is 1. The van der Waals surface area contributed by atoms with Gasteiger partial charge in [-0.2, -0.15) is 10.2 Å². The number of benzene rings is 1. The standard InChI is InChI=1S/C25H30N6O2/c1-16-12-30(23-5-4-18(10-21(16)23)19-11-26-28(3)13-19)25-22-14-29(17(2)32)8-6-24(22)31(27-25)20-7-9-33-15-20/h4-5,10-11,13,16,20H,6-9,12,14-15H2,1-3H3/t16-,20?/m1/s1. The molecule has 5 heterocycles. The number of carbonyl (C=O) groups is 1. The quantitative estimate of drug-likeness (QED) is 0.617. The van der Waals surface area contributed by atoms with Gasteiger partial charge in [-0.3, -0.25) is 14.2 Å². The Morgan fingerprint density at radius 3 is 2.85 bits per heavy atom. The van der Waals surface area contributed by atoms with E-state index in [9.17, 15) is 4.79 Å². The summed E-state index contributed by atoms with van der Waals surface area (Å²) in [5, 5.41) is 9.51. The first-order chi connectivity index (χ1) is 16.0. The number of rotatable bonds is 3. The lowest BCUT2D eigenvalue weighted by atomic mass is 9.99. The topological polar surface area (TPSA) is 68.4 Å². The highest BCUT2D eigenvalue weighted by Gasteiger charge is 2.36. The zero-order valence-electron chi connectivity index (χ0n) is 19.5. The van der Waals surface area contributed by atoms with Crippen molar-refractivity contribution in [3.8, 4) is 11.1 Å². The first kappa shape index (κ1) is 20.5. The summed E-state index contributed by atoms with van der Waals surface area (Å²) < 4.78 is 9.73. The van der Waals surface area contributed by atoms with E-state index >= 15 is 0 Å². The van der Waals surface area contributed by atoms with Crippen LogP contribution >= 0.6 is 0 Å². The second-order valence-electron chi connectivity index (χ2n) is 9.59. The molecule has 8 heteroatoms. The summed E-state index contributed by atoms with van der Waals surface area (Å²) in [5.41, 5.74) is 7.33. The number of hydrogen-bond acceptors (Lipinski definition) is 5. The van der Waals surface area contributed by atoms with Crippen LogP contribution < -0.4 is 4.90 Å². The zero-order valence-corrected chi connectivity index (χ0v) is 19.5. The van der Waals surface area contributed by atoms with Crippen LogP contribution in [0.4, 0.5) is 11.5 Å². The van der Waals surface area contributed by atoms with Gasteiger partial charge in [0.1, 0.15) is 0 Å². The number of fused-ring (bicyclic) bond motifs is 2. The maximum Gasteiger partial charge on any atom is 0.219 e. The molecule has 1 aromatic carbocycles. The third-order valence-electron chi connectivity index (χ3n) is 7.36. The van der Waals surface area contributed by atoms with Gasteiger partial charge in [-0.15, -0.1) is 0 Å². The van der Waals surface area contributed by atoms with Crippen molar-refractivity contribution in [2.45, 2.75) is 45.2 Å². The Morgan fingerprint density at radius 2 is 2.12 bits per heavy atom. The first-order valence-electron chi connectivity index (χ1n) is 11.8. The molecule has 33 heavy (non-hydrogen) atoms. The van der Waals surface area contributed by atoms with Crippen LogP contribution in [0.25, 0.3) is 11.1 Å². The molecule has 0 spiro atoms. The molecule has 3 aromatic rings. The summed E-state index contributed by atoms with van der Waals surface area (Å²) >= 11 is 0. The highest BCUT2D eigenvalue weighted by molar-refractivity contribution is 5.77. The Hall–Kier alpha value is -3.13. The molecule has 1 amide bonds. The number of anilines is 2. The fraction of sp³-hybridized carbons (Fsp3) is 0.480. The average Bonchev–Trinajstić information content (AvgIpc) is 3.59. The van der Waals surface area contributed by atoms with Crippen molar-refractivity contribution < 1.29 is 9.53 Å². The number of aromatic nitrogens is 4. The lowest BCUT2D eigenvalue weighted by molar-refractivity contribution is -0.129. The highest BCUT2D eigenvalue weighted by atomic mass is 16.5. The minimum absolute atomic E-state index is 0.125. The van der Waals surface area contributed by atoms with E-state index in [0.717, 1.165) is 43.9 Å². The number of ether oxygens (including phenoxy) is 1. The van der Waals surface area contributed by atoms with Gasteiger partial charge in [0.2, 0.25) is 5.91 Å². The van der Waals surface area contributed by atoms with Crippen molar-refractivity contribution in [2.75, 3.05) is 31.2 Å². The Labute approximate surface area is 193 Å². The Kier molecular flexibility index (Phi) is 4.79. The molecule has 3 aliphatic rings. The van der Waals surface area contributed by atoms with Gasteiger partial charge in [0, 0.05) is 74.7 Å². The fourth-order valence-corrected chi connectivity index (χ4v) is 5.55. The molecular weight excluding hydrogens is 416 g/mol. The lowest BCUT2D eigenvalue weighted by Gasteiger charge is -2.28. The molecule has 1 saturated heterocycles. The van der Waals surface area contributed by atoms with Crippen LogP contribution in [0.1, 0.15) is 49.0 Å². The van der Waals surface area contributed by atoms with E-state index in [1.165, 1.54) is 28.1 Å². The predicted octanol–water partition coefficient (Wildman–Crippen LogP) is 3.40. The van der Waals surface area contributed by atoms with Gasteiger partial charge in [0.05, 0.1) is 25.4 Å². The van der Waals surface area contributed by atoms with E-state index in [1.54, 1.807) is 6.92 Å². The maximum absolute atomic E-state index is 12.2. The molecular formula is C25H30N6O2. The molecule has 2 aromatic heterocycles. The van der Waals surface area contributed by atoms with Crippen molar-refractivity contribution in [1.29, 1.82) is 0 Å². The molecule has 2 atom stereocenters. The number of hydrogen-bond donors (Lipinski definition) is 0. The summed E-state index contributed by atoms with van der Waals surface area (Å²) in [6.07, 6.45) is 5.80. The van der Waals surface area contributed by atoms with E-state index in [0.29, 0.717) is 19.1 Å². The van der Waals surface area contributed by atoms with E-state index < -0.39 is 0 Å². The van der Waals surface area contributed by atoms with Crippen LogP contribution in [0, 0.1) is 0 Å². The Bertz CT molecular complexity index is 1220. The molecule has 0 aliphatic carbocycles. The third-order valence-corrected chi connectivity index (χ3v) is 7.36. The van der Waals surface area contributed by atoms with Crippen LogP contribution in [-0.4, -0.2) is 56.7 Å². The molecule has 6 rings (SSSR count). The van der Waals surface area contributed by atoms with E-state index in [-0.39, 0.29) is 11.9 Å². The van der Waals surface area contributed by atoms with Crippen molar-refractivity contribution in [2.24, 2.45) is 7.05 Å². The van der Waals surface area contributed by atoms with Gasteiger partial charge < -0.3 is 14.5 Å². The largest absolute Gasteiger partial charge is 0.379 e. The van der Waals surface area contributed by atoms with Crippen LogP contribution in [0.5, 0.6) is 0 Å². The van der Waals surface area contributed by atoms with Gasteiger partial charge in [-0.05, 0) is 29.7 Å². The monoisotopic (exact) mass is 446 g/mol. The van der Waals surface area contributed by atoms with Crippen molar-refractivity contribution in [3.05, 3.63) is 47.4 Å². The molecule has 1 fully saturated rings. The SMILES string of the molecule is CC(=O)N1CCc2c(c(N3C[C@@H](C)c4cc(-c5cnn(C)c5)ccc43)nn2C2CCOC2)C1. The van der Waals surface area contributed by atoms with Crippen LogP contribution in [0.2, 0.25) is 0 Å². The van der Waals surface area contributed by atoms with Gasteiger partial charge in [0.25, 0.3) is 0 Å². The van der Waals surface area contributed by atoms with Gasteiger partial charge >= 0.3 is 0 Å². The maximum atomic E-state index is 12.2. The molecule has 0 radical (unpaired) electrons. The molecule has 3 aliphatic heterocycles. The molecule has 0 bridgehead atoms. The van der Waals surface area contributed by atoms with E-state index in [4.69, 9.17) is 9.84 Å². The normalized spacial score (nSPS) is 22.0. The van der Waals surface area contributed by atoms with E-state index in [2.05, 4.69) is 46.0 Å². The Balaban J connectivity index is 1.42. The van der Waals surface area contributed by atoms with Gasteiger partial charge in [-0.1, -0.05) is 13.0 Å². The summed E-state index contributed by atoms with van der Waals surface area (Å²) in [6.45, 7) is 7.70. The number of nitrogens with zero attached hydrogens (tertiary/aromatic N) is 6. The van der Waals surface area contributed by atoms with E-state index in [1.807, 2.05) is 22.8 Å². The molecule has 172 valence electrons. The molecule has 1 unspecified atom stereocenters. The summed E-state index contributed by atoms with van der Waals surface area (Å²) in [7, 11) is 1.94. The van der Waals surface area contributed by atoms with Crippen molar-refractivity contribution in [1.82, 2.24) is 24.5 Å². The van der Waals surface area contributed by atoms with Crippen LogP contribution in [0.15, 0.2) is 30.6 Å². The third kappa shape index (κ3) is 3.35. The van der Waals surface area contributed by atoms with Crippen molar-refractivity contribution in [3.63, 3.8) is 0 Å². The number of carbonyl (C=O) groups excluding carboxylic acids is 1. The van der Waals surface area contributed by atoms with Gasteiger partial charge in [0.15, 0.2) is 5.82 Å². The fourth-order valence-electron chi connectivity index (χ4n) is 5.55. The predicted molar refractivity (Wildman–Crippen MR) is 126 cm³/mol. The smallest absolute Gasteiger partial charge is 0.219 e. The summed E-state index contributed by atoms with van der Waals surface area (Å²) in [4.78, 5) is 16.5. The van der Waals surface area contributed by atoms with Crippen LogP contribution in [0.3, 0.4) is 0 Å². The highest BCUT2D eigenvalue weighted by Crippen LogP contribution is 2.45. The average molecular weight is 447 g/mol. The summed E-state index contributed by atoms with van der Waals surface area (Å²) in [5.74, 6) is 1.52. The second kappa shape index (κ2) is 7.73. The summed E-state index contributed by atoms with van der Waals surface area (Å²) in [6, 6.07) is 6.98. The molecule has 0 saturated carbocycles. The molecule has 0 N–H and O–H groups in total. The van der Waals surface area contributed by atoms with Crippen LogP contribution in [-0.2, 0) is 29.5 Å². The van der Waals surface area contributed by atoms with Crippen molar-refractivity contribution >= 4 is 17.4 Å². The number of aryl methyl sites for hydroxylation is 1.